The Morgan fingerprint density at radius 1 is 1.38 bits per heavy atom. The summed E-state index contributed by atoms with van der Waals surface area (Å²) in [5, 5.41) is 0. The second-order valence-electron chi connectivity index (χ2n) is 5.93. The van der Waals surface area contributed by atoms with Crippen LogP contribution in [0.1, 0.15) is 37.8 Å². The number of halogens is 2. The third-order valence-corrected chi connectivity index (χ3v) is 7.45. The third-order valence-electron chi connectivity index (χ3n) is 4.17. The molecule has 0 aromatic heterocycles. The maximum atomic E-state index is 13.0. The molecule has 0 saturated carbocycles. The second kappa shape index (κ2) is 6.57. The molecular formula is C15H21BrClNO2S. The number of alkyl halides is 1. The molecule has 0 amide bonds. The van der Waals surface area contributed by atoms with Crippen LogP contribution in [-0.2, 0) is 15.9 Å². The van der Waals surface area contributed by atoms with E-state index in [2.05, 4.69) is 22.9 Å². The van der Waals surface area contributed by atoms with Crippen LogP contribution in [0.25, 0.3) is 0 Å². The Hall–Kier alpha value is -0.100. The monoisotopic (exact) mass is 393 g/mol. The Kier molecular flexibility index (Phi) is 5.40. The van der Waals surface area contributed by atoms with Crippen molar-refractivity contribution in [3.8, 4) is 0 Å². The highest BCUT2D eigenvalue weighted by Gasteiger charge is 2.34. The number of hydrogen-bond acceptors (Lipinski definition) is 2. The predicted molar refractivity (Wildman–Crippen MR) is 90.2 cm³/mol. The van der Waals surface area contributed by atoms with E-state index in [1.165, 1.54) is 0 Å². The highest BCUT2D eigenvalue weighted by molar-refractivity contribution is 9.10. The summed E-state index contributed by atoms with van der Waals surface area (Å²) < 4.78 is 28.4. The average Bonchev–Trinajstić information content (AvgIpc) is 2.40. The molecule has 2 atom stereocenters. The van der Waals surface area contributed by atoms with Crippen LogP contribution in [0.4, 0.5) is 0 Å². The van der Waals surface area contributed by atoms with Gasteiger partial charge < -0.3 is 0 Å². The molecule has 1 aromatic carbocycles. The highest BCUT2D eigenvalue weighted by atomic mass is 79.9. The van der Waals surface area contributed by atoms with Crippen LogP contribution in [0.2, 0.25) is 0 Å². The zero-order chi connectivity index (χ0) is 15.8. The van der Waals surface area contributed by atoms with Crippen molar-refractivity contribution in [2.24, 2.45) is 5.92 Å². The zero-order valence-electron chi connectivity index (χ0n) is 12.6. The molecule has 1 aliphatic rings. The molecular weight excluding hydrogens is 374 g/mol. The van der Waals surface area contributed by atoms with Gasteiger partial charge in [-0.1, -0.05) is 22.9 Å². The summed E-state index contributed by atoms with van der Waals surface area (Å²) in [5.41, 5.74) is 1.56. The van der Waals surface area contributed by atoms with Crippen LogP contribution >= 0.6 is 27.5 Å². The molecule has 0 radical (unpaired) electrons. The van der Waals surface area contributed by atoms with Crippen LogP contribution in [0.15, 0.2) is 21.5 Å². The summed E-state index contributed by atoms with van der Waals surface area (Å²) in [6, 6.07) is 3.62. The van der Waals surface area contributed by atoms with Crippen molar-refractivity contribution in [2.45, 2.75) is 50.4 Å². The van der Waals surface area contributed by atoms with E-state index in [0.29, 0.717) is 23.2 Å². The van der Waals surface area contributed by atoms with Gasteiger partial charge in [-0.25, -0.2) is 8.42 Å². The number of rotatable bonds is 3. The standard InChI is InChI=1S/C15H21BrClNO2S/c1-10-4-5-18(11(2)6-10)21(19,20)15-8-13(9-17)7-14(16)12(15)3/h7-8,10-11H,4-6,9H2,1-3H3. The first-order chi connectivity index (χ1) is 9.77. The van der Waals surface area contributed by atoms with Crippen molar-refractivity contribution in [1.82, 2.24) is 4.31 Å². The van der Waals surface area contributed by atoms with Gasteiger partial charge in [0, 0.05) is 22.9 Å². The zero-order valence-corrected chi connectivity index (χ0v) is 15.7. The van der Waals surface area contributed by atoms with E-state index >= 15 is 0 Å². The quantitative estimate of drug-likeness (QED) is 0.717. The smallest absolute Gasteiger partial charge is 0.207 e. The van der Waals surface area contributed by atoms with E-state index in [4.69, 9.17) is 11.6 Å². The van der Waals surface area contributed by atoms with Crippen molar-refractivity contribution >= 4 is 37.6 Å². The van der Waals surface area contributed by atoms with Crippen LogP contribution in [0, 0.1) is 12.8 Å². The normalized spacial score (nSPS) is 24.2. The minimum absolute atomic E-state index is 0.0385. The summed E-state index contributed by atoms with van der Waals surface area (Å²) in [7, 11) is -3.48. The molecule has 0 spiro atoms. The first-order valence-electron chi connectivity index (χ1n) is 7.14. The van der Waals surface area contributed by atoms with Gasteiger partial charge in [0.1, 0.15) is 0 Å². The van der Waals surface area contributed by atoms with Gasteiger partial charge >= 0.3 is 0 Å². The minimum atomic E-state index is -3.48. The second-order valence-corrected chi connectivity index (χ2v) is 8.91. The van der Waals surface area contributed by atoms with Crippen molar-refractivity contribution in [2.75, 3.05) is 6.54 Å². The van der Waals surface area contributed by atoms with E-state index in [-0.39, 0.29) is 6.04 Å². The molecule has 2 rings (SSSR count). The Bertz CT molecular complexity index is 633. The maximum Gasteiger partial charge on any atom is 0.243 e. The lowest BCUT2D eigenvalue weighted by molar-refractivity contribution is 0.220. The van der Waals surface area contributed by atoms with Gasteiger partial charge in [0.2, 0.25) is 10.0 Å². The Labute approximate surface area is 140 Å². The van der Waals surface area contributed by atoms with E-state index in [0.717, 1.165) is 28.4 Å². The maximum absolute atomic E-state index is 13.0. The van der Waals surface area contributed by atoms with E-state index < -0.39 is 10.0 Å². The first-order valence-corrected chi connectivity index (χ1v) is 9.91. The van der Waals surface area contributed by atoms with Crippen molar-refractivity contribution in [1.29, 1.82) is 0 Å². The van der Waals surface area contributed by atoms with Crippen LogP contribution < -0.4 is 0 Å². The van der Waals surface area contributed by atoms with Crippen molar-refractivity contribution in [3.63, 3.8) is 0 Å². The number of piperidine rings is 1. The molecule has 1 heterocycles. The molecule has 0 N–H and O–H groups in total. The molecule has 1 fully saturated rings. The lowest BCUT2D eigenvalue weighted by atomic mass is 9.95. The summed E-state index contributed by atoms with van der Waals surface area (Å²) in [6.45, 7) is 6.58. The number of sulfonamides is 1. The molecule has 1 aliphatic heterocycles. The molecule has 2 unspecified atom stereocenters. The fourth-order valence-corrected chi connectivity index (χ4v) is 5.67. The Morgan fingerprint density at radius 2 is 2.05 bits per heavy atom. The first kappa shape index (κ1) is 17.3. The summed E-state index contributed by atoms with van der Waals surface area (Å²) in [6.07, 6.45) is 1.83. The van der Waals surface area contributed by atoms with Crippen LogP contribution in [0.3, 0.4) is 0 Å². The highest BCUT2D eigenvalue weighted by Crippen LogP contribution is 2.32. The molecule has 1 aromatic rings. The van der Waals surface area contributed by atoms with E-state index in [9.17, 15) is 8.42 Å². The van der Waals surface area contributed by atoms with E-state index in [1.807, 2.05) is 19.9 Å². The topological polar surface area (TPSA) is 37.4 Å². The fourth-order valence-electron chi connectivity index (χ4n) is 2.92. The largest absolute Gasteiger partial charge is 0.243 e. The van der Waals surface area contributed by atoms with Gasteiger partial charge in [0.25, 0.3) is 0 Å². The molecule has 118 valence electrons. The van der Waals surface area contributed by atoms with E-state index in [1.54, 1.807) is 10.4 Å². The summed E-state index contributed by atoms with van der Waals surface area (Å²) in [5.74, 6) is 0.877. The van der Waals surface area contributed by atoms with Gasteiger partial charge in [-0.15, -0.1) is 11.6 Å². The SMILES string of the molecule is Cc1c(Br)cc(CCl)cc1S(=O)(=O)N1CCC(C)CC1C. The number of nitrogens with zero attached hydrogens (tertiary/aromatic N) is 1. The summed E-state index contributed by atoms with van der Waals surface area (Å²) in [4.78, 5) is 0.369. The average molecular weight is 395 g/mol. The van der Waals surface area contributed by atoms with Crippen LogP contribution in [0.5, 0.6) is 0 Å². The number of benzene rings is 1. The molecule has 0 aliphatic carbocycles. The minimum Gasteiger partial charge on any atom is -0.207 e. The van der Waals surface area contributed by atoms with Gasteiger partial charge in [-0.05, 0) is 55.9 Å². The van der Waals surface area contributed by atoms with Gasteiger partial charge in [-0.3, -0.25) is 0 Å². The molecule has 3 nitrogen and oxygen atoms in total. The lowest BCUT2D eigenvalue weighted by Gasteiger charge is -2.35. The Morgan fingerprint density at radius 3 is 2.62 bits per heavy atom. The van der Waals surface area contributed by atoms with Crippen molar-refractivity contribution in [3.05, 3.63) is 27.7 Å². The third kappa shape index (κ3) is 3.46. The number of hydrogen-bond donors (Lipinski definition) is 0. The molecule has 1 saturated heterocycles. The lowest BCUT2D eigenvalue weighted by Crippen LogP contribution is -2.44. The molecule has 21 heavy (non-hydrogen) atoms. The fraction of sp³-hybridized carbons (Fsp3) is 0.600. The van der Waals surface area contributed by atoms with Gasteiger partial charge in [-0.2, -0.15) is 4.31 Å². The van der Waals surface area contributed by atoms with Crippen molar-refractivity contribution < 1.29 is 8.42 Å². The molecule has 0 bridgehead atoms. The Balaban J connectivity index is 2.47. The molecule has 6 heteroatoms. The van der Waals surface area contributed by atoms with Gasteiger partial charge in [0.15, 0.2) is 0 Å². The van der Waals surface area contributed by atoms with Crippen LogP contribution in [-0.4, -0.2) is 25.3 Å². The predicted octanol–water partition coefficient (Wildman–Crippen LogP) is 4.31. The van der Waals surface area contributed by atoms with Gasteiger partial charge in [0.05, 0.1) is 4.90 Å². The summed E-state index contributed by atoms with van der Waals surface area (Å²) >= 11 is 9.31.